The minimum Gasteiger partial charge on any atom is -0.378 e. The van der Waals surface area contributed by atoms with Crippen molar-refractivity contribution in [1.82, 2.24) is 5.43 Å². The zero-order valence-electron chi connectivity index (χ0n) is 12.2. The molecule has 0 aromatic heterocycles. The number of nitrogens with zero attached hydrogens (tertiary/aromatic N) is 2. The van der Waals surface area contributed by atoms with Crippen molar-refractivity contribution >= 4 is 40.5 Å². The molecule has 22 heavy (non-hydrogen) atoms. The molecule has 2 heterocycles. The van der Waals surface area contributed by atoms with Crippen molar-refractivity contribution in [2.45, 2.75) is 13.3 Å². The largest absolute Gasteiger partial charge is 0.378 e. The van der Waals surface area contributed by atoms with Gasteiger partial charge in [0.1, 0.15) is 0 Å². The van der Waals surface area contributed by atoms with Crippen LogP contribution in [0, 0.1) is 5.92 Å². The lowest BCUT2D eigenvalue weighted by Gasteiger charge is -2.31. The Morgan fingerprint density at radius 1 is 1.27 bits per heavy atom. The molecule has 118 valence electrons. The molecule has 1 saturated heterocycles. The lowest BCUT2D eigenvalue weighted by molar-refractivity contribution is -0.121. The van der Waals surface area contributed by atoms with E-state index >= 15 is 0 Å². The number of morpholine rings is 1. The number of ether oxygens (including phenoxy) is 1. The van der Waals surface area contributed by atoms with E-state index in [1.807, 2.05) is 19.1 Å². The van der Waals surface area contributed by atoms with E-state index in [2.05, 4.69) is 15.4 Å². The van der Waals surface area contributed by atoms with Crippen LogP contribution >= 0.6 is 23.2 Å². The van der Waals surface area contributed by atoms with Gasteiger partial charge in [0, 0.05) is 31.0 Å². The third-order valence-corrected chi connectivity index (χ3v) is 4.48. The maximum atomic E-state index is 11.4. The second-order valence-electron chi connectivity index (χ2n) is 5.53. The van der Waals surface area contributed by atoms with E-state index in [9.17, 15) is 4.79 Å². The van der Waals surface area contributed by atoms with Gasteiger partial charge in [-0.1, -0.05) is 30.1 Å². The molecule has 0 spiro atoms. The first-order chi connectivity index (χ1) is 10.6. The molecule has 0 bridgehead atoms. The van der Waals surface area contributed by atoms with Gasteiger partial charge in [-0.15, -0.1) is 0 Å². The van der Waals surface area contributed by atoms with Crippen molar-refractivity contribution in [2.75, 3.05) is 31.2 Å². The monoisotopic (exact) mass is 341 g/mol. The number of carbonyl (C=O) groups is 1. The van der Waals surface area contributed by atoms with Gasteiger partial charge in [-0.25, -0.2) is 5.43 Å². The van der Waals surface area contributed by atoms with Gasteiger partial charge < -0.3 is 9.64 Å². The summed E-state index contributed by atoms with van der Waals surface area (Å²) in [5.74, 6) is -0.0338. The molecular weight excluding hydrogens is 325 g/mol. The Labute approximate surface area is 139 Å². The van der Waals surface area contributed by atoms with Crippen molar-refractivity contribution in [3.05, 3.63) is 27.7 Å². The third-order valence-electron chi connectivity index (χ3n) is 3.90. The summed E-state index contributed by atoms with van der Waals surface area (Å²) in [7, 11) is 0. The van der Waals surface area contributed by atoms with Crippen molar-refractivity contribution in [1.29, 1.82) is 0 Å². The number of anilines is 1. The Hall–Kier alpha value is -1.30. The SMILES string of the molecule is CC1CC(=O)NN=C1c1cc(Cl)c(N2CCOCC2)c(Cl)c1. The average molecular weight is 342 g/mol. The molecule has 0 saturated carbocycles. The molecule has 1 fully saturated rings. The average Bonchev–Trinajstić information content (AvgIpc) is 2.47. The first kappa shape index (κ1) is 15.6. The molecule has 0 radical (unpaired) electrons. The molecule has 1 amide bonds. The fourth-order valence-electron chi connectivity index (χ4n) is 2.80. The topological polar surface area (TPSA) is 53.9 Å². The molecule has 1 atom stereocenters. The Morgan fingerprint density at radius 2 is 1.91 bits per heavy atom. The normalized spacial score (nSPS) is 22.3. The number of benzene rings is 1. The first-order valence-electron chi connectivity index (χ1n) is 7.25. The number of carbonyl (C=O) groups excluding carboxylic acids is 1. The number of halogens is 2. The smallest absolute Gasteiger partial charge is 0.240 e. The van der Waals surface area contributed by atoms with E-state index in [0.717, 1.165) is 30.1 Å². The molecule has 0 aliphatic carbocycles. The first-order valence-corrected chi connectivity index (χ1v) is 8.00. The molecular formula is C15H17Cl2N3O2. The van der Waals surface area contributed by atoms with Crippen LogP contribution in [0.3, 0.4) is 0 Å². The number of rotatable bonds is 2. The molecule has 1 unspecified atom stereocenters. The maximum absolute atomic E-state index is 11.4. The molecule has 5 nitrogen and oxygen atoms in total. The molecule has 7 heteroatoms. The molecule has 2 aliphatic rings. The highest BCUT2D eigenvalue weighted by Gasteiger charge is 2.24. The van der Waals surface area contributed by atoms with E-state index in [4.69, 9.17) is 27.9 Å². The molecule has 1 aromatic rings. The highest BCUT2D eigenvalue weighted by molar-refractivity contribution is 6.39. The number of hydrogen-bond acceptors (Lipinski definition) is 4. The lowest BCUT2D eigenvalue weighted by Crippen LogP contribution is -2.36. The van der Waals surface area contributed by atoms with E-state index in [1.165, 1.54) is 0 Å². The molecule has 3 rings (SSSR count). The van der Waals surface area contributed by atoms with Crippen LogP contribution in [0.15, 0.2) is 17.2 Å². The van der Waals surface area contributed by atoms with Gasteiger partial charge in [-0.3, -0.25) is 4.79 Å². The summed E-state index contributed by atoms with van der Waals surface area (Å²) in [5, 5.41) is 5.34. The zero-order chi connectivity index (χ0) is 15.7. The van der Waals surface area contributed by atoms with Crippen molar-refractivity contribution in [3.63, 3.8) is 0 Å². The highest BCUT2D eigenvalue weighted by Crippen LogP contribution is 2.36. The molecule has 1 N–H and O–H groups in total. The minimum atomic E-state index is -0.0709. The summed E-state index contributed by atoms with van der Waals surface area (Å²) in [6.45, 7) is 4.85. The molecule has 1 aromatic carbocycles. The van der Waals surface area contributed by atoms with Crippen LogP contribution in [0.1, 0.15) is 18.9 Å². The van der Waals surface area contributed by atoms with Crippen LogP contribution in [-0.4, -0.2) is 37.9 Å². The van der Waals surface area contributed by atoms with Crippen molar-refractivity contribution < 1.29 is 9.53 Å². The van der Waals surface area contributed by atoms with Crippen molar-refractivity contribution in [2.24, 2.45) is 11.0 Å². The van der Waals surface area contributed by atoms with Crippen LogP contribution in [0.25, 0.3) is 0 Å². The summed E-state index contributed by atoms with van der Waals surface area (Å²) in [5.41, 5.74) is 5.00. The summed E-state index contributed by atoms with van der Waals surface area (Å²) >= 11 is 12.9. The Morgan fingerprint density at radius 3 is 2.50 bits per heavy atom. The second-order valence-corrected chi connectivity index (χ2v) is 6.34. The highest BCUT2D eigenvalue weighted by atomic mass is 35.5. The van der Waals surface area contributed by atoms with Gasteiger partial charge in [0.05, 0.1) is 34.7 Å². The predicted molar refractivity (Wildman–Crippen MR) is 88.0 cm³/mol. The van der Waals surface area contributed by atoms with Crippen molar-refractivity contribution in [3.8, 4) is 0 Å². The van der Waals surface area contributed by atoms with E-state index in [1.54, 1.807) is 0 Å². The van der Waals surface area contributed by atoms with Crippen LogP contribution in [0.2, 0.25) is 10.0 Å². The Bertz CT molecular complexity index is 604. The quantitative estimate of drug-likeness (QED) is 0.899. The number of nitrogens with one attached hydrogen (secondary N) is 1. The Balaban J connectivity index is 1.94. The fraction of sp³-hybridized carbons (Fsp3) is 0.467. The maximum Gasteiger partial charge on any atom is 0.240 e. The van der Waals surface area contributed by atoms with Crippen LogP contribution < -0.4 is 10.3 Å². The summed E-state index contributed by atoms with van der Waals surface area (Å²) < 4.78 is 5.36. The van der Waals surface area contributed by atoms with Gasteiger partial charge >= 0.3 is 0 Å². The minimum absolute atomic E-state index is 0.0371. The summed E-state index contributed by atoms with van der Waals surface area (Å²) in [6.07, 6.45) is 0.416. The van der Waals surface area contributed by atoms with Crippen LogP contribution in [-0.2, 0) is 9.53 Å². The Kier molecular flexibility index (Phi) is 4.57. The van der Waals surface area contributed by atoms with E-state index in [0.29, 0.717) is 29.7 Å². The van der Waals surface area contributed by atoms with Gasteiger partial charge in [0.15, 0.2) is 0 Å². The molecule has 2 aliphatic heterocycles. The van der Waals surface area contributed by atoms with Gasteiger partial charge in [-0.2, -0.15) is 5.10 Å². The number of amides is 1. The van der Waals surface area contributed by atoms with Crippen LogP contribution in [0.5, 0.6) is 0 Å². The van der Waals surface area contributed by atoms with E-state index in [-0.39, 0.29) is 11.8 Å². The van der Waals surface area contributed by atoms with Crippen LogP contribution in [0.4, 0.5) is 5.69 Å². The fourth-order valence-corrected chi connectivity index (χ4v) is 3.53. The van der Waals surface area contributed by atoms with Gasteiger partial charge in [0.2, 0.25) is 5.91 Å². The third kappa shape index (κ3) is 3.07. The summed E-state index contributed by atoms with van der Waals surface area (Å²) in [6, 6.07) is 3.73. The second kappa shape index (κ2) is 6.44. The number of hydrazone groups is 1. The van der Waals surface area contributed by atoms with Gasteiger partial charge in [0.25, 0.3) is 0 Å². The van der Waals surface area contributed by atoms with E-state index < -0.39 is 0 Å². The predicted octanol–water partition coefficient (Wildman–Crippen LogP) is 2.69. The van der Waals surface area contributed by atoms with Gasteiger partial charge in [-0.05, 0) is 12.1 Å². The zero-order valence-corrected chi connectivity index (χ0v) is 13.7. The summed E-state index contributed by atoms with van der Waals surface area (Å²) in [4.78, 5) is 13.5. The standard InChI is InChI=1S/C15H17Cl2N3O2/c1-9-6-13(21)18-19-14(9)10-7-11(16)15(12(17)8-10)20-2-4-22-5-3-20/h7-9H,2-6H2,1H3,(H,18,21). The lowest BCUT2D eigenvalue weighted by atomic mass is 9.94. The number of hydrogen-bond donors (Lipinski definition) is 1.